The number of likely N-dealkylation sites (tertiary alicyclic amines) is 1. The summed E-state index contributed by atoms with van der Waals surface area (Å²) < 4.78 is 11.1. The molecule has 0 bridgehead atoms. The molecule has 2 aliphatic rings. The van der Waals surface area contributed by atoms with Crippen LogP contribution in [0.25, 0.3) is 6.08 Å². The van der Waals surface area contributed by atoms with Crippen molar-refractivity contribution in [2.24, 2.45) is 0 Å². The summed E-state index contributed by atoms with van der Waals surface area (Å²) in [6, 6.07) is 12.4. The molecule has 2 aromatic carbocycles. The van der Waals surface area contributed by atoms with Crippen molar-refractivity contribution in [2.45, 2.75) is 25.7 Å². The predicted octanol–water partition coefficient (Wildman–Crippen LogP) is 3.67. The van der Waals surface area contributed by atoms with Crippen molar-refractivity contribution >= 4 is 23.6 Å². The fourth-order valence-corrected chi connectivity index (χ4v) is 4.02. The van der Waals surface area contributed by atoms with Crippen LogP contribution in [0.15, 0.2) is 48.2 Å². The van der Waals surface area contributed by atoms with Gasteiger partial charge in [0, 0.05) is 17.7 Å². The van der Waals surface area contributed by atoms with Crippen LogP contribution in [0.5, 0.6) is 11.5 Å². The summed E-state index contributed by atoms with van der Waals surface area (Å²) in [7, 11) is 1.58. The van der Waals surface area contributed by atoms with Crippen LogP contribution in [0.2, 0.25) is 0 Å². The quantitative estimate of drug-likeness (QED) is 0.512. The molecule has 7 nitrogen and oxygen atoms in total. The summed E-state index contributed by atoms with van der Waals surface area (Å²) in [5.41, 5.74) is 1.71. The molecule has 4 rings (SSSR count). The lowest BCUT2D eigenvalue weighted by atomic mass is 10.1. The Hall–Kier alpha value is -3.32. The van der Waals surface area contributed by atoms with Crippen molar-refractivity contribution in [1.29, 1.82) is 0 Å². The lowest BCUT2D eigenvalue weighted by Crippen LogP contribution is -2.33. The average Bonchev–Trinajstić information content (AvgIpc) is 2.83. The highest BCUT2D eigenvalue weighted by Crippen LogP contribution is 2.33. The predicted molar refractivity (Wildman–Crippen MR) is 124 cm³/mol. The van der Waals surface area contributed by atoms with Gasteiger partial charge in [0.1, 0.15) is 5.75 Å². The number of hydrogen-bond acceptors (Lipinski definition) is 5. The molecule has 2 heterocycles. The molecule has 0 radical (unpaired) electrons. The van der Waals surface area contributed by atoms with Gasteiger partial charge in [-0.05, 0) is 69.2 Å². The van der Waals surface area contributed by atoms with E-state index in [9.17, 15) is 9.59 Å². The van der Waals surface area contributed by atoms with Crippen LogP contribution in [0.3, 0.4) is 0 Å². The minimum atomic E-state index is -0.373. The van der Waals surface area contributed by atoms with Gasteiger partial charge in [-0.3, -0.25) is 9.59 Å². The molecular weight excluding hydrogens is 406 g/mol. The molecule has 0 unspecified atom stereocenters. The Morgan fingerprint density at radius 1 is 1.19 bits per heavy atom. The molecule has 0 atom stereocenters. The van der Waals surface area contributed by atoms with Gasteiger partial charge in [0.15, 0.2) is 11.5 Å². The normalized spacial score (nSPS) is 17.3. The van der Waals surface area contributed by atoms with Crippen molar-refractivity contribution in [2.75, 3.05) is 38.6 Å². The fraction of sp³-hybridized carbons (Fsp3) is 0.360. The molecule has 1 fully saturated rings. The Kier molecular flexibility index (Phi) is 7.07. The molecule has 1 saturated heterocycles. The molecule has 2 N–H and O–H groups in total. The largest absolute Gasteiger partial charge is 0.496 e. The molecule has 0 aromatic heterocycles. The van der Waals surface area contributed by atoms with Gasteiger partial charge in [0.05, 0.1) is 12.8 Å². The number of rotatable bonds is 7. The van der Waals surface area contributed by atoms with E-state index >= 15 is 0 Å². The van der Waals surface area contributed by atoms with Crippen molar-refractivity contribution in [3.8, 4) is 11.5 Å². The van der Waals surface area contributed by atoms with Crippen LogP contribution in [-0.4, -0.2) is 50.0 Å². The van der Waals surface area contributed by atoms with Gasteiger partial charge >= 0.3 is 0 Å². The summed E-state index contributed by atoms with van der Waals surface area (Å²) in [5, 5.41) is 5.78. The third-order valence-electron chi connectivity index (χ3n) is 5.74. The van der Waals surface area contributed by atoms with Gasteiger partial charge in [0.25, 0.3) is 11.8 Å². The van der Waals surface area contributed by atoms with Crippen molar-refractivity contribution in [3.05, 3.63) is 59.4 Å². The third-order valence-corrected chi connectivity index (χ3v) is 5.74. The average molecular weight is 436 g/mol. The smallest absolute Gasteiger partial charge is 0.291 e. The van der Waals surface area contributed by atoms with Gasteiger partial charge in [0.2, 0.25) is 0 Å². The molecule has 2 aliphatic heterocycles. The van der Waals surface area contributed by atoms with Gasteiger partial charge in [-0.15, -0.1) is 0 Å². The minimum absolute atomic E-state index is 0.156. The number of anilines is 1. The number of benzene rings is 2. The van der Waals surface area contributed by atoms with Crippen molar-refractivity contribution in [3.63, 3.8) is 0 Å². The van der Waals surface area contributed by atoms with Gasteiger partial charge < -0.3 is 25.0 Å². The molecule has 32 heavy (non-hydrogen) atoms. The molecular formula is C25H29N3O4. The summed E-state index contributed by atoms with van der Waals surface area (Å²) in [4.78, 5) is 27.5. The van der Waals surface area contributed by atoms with E-state index in [-0.39, 0.29) is 17.6 Å². The first-order valence-electron chi connectivity index (χ1n) is 11.1. The van der Waals surface area contributed by atoms with Crippen LogP contribution in [-0.2, 0) is 4.79 Å². The van der Waals surface area contributed by atoms with Crippen LogP contribution in [0, 0.1) is 0 Å². The number of methoxy groups -OCH3 is 1. The second-order valence-corrected chi connectivity index (χ2v) is 8.03. The maximum Gasteiger partial charge on any atom is 0.291 e. The Balaban J connectivity index is 1.36. The zero-order valence-corrected chi connectivity index (χ0v) is 18.4. The topological polar surface area (TPSA) is 79.9 Å². The highest BCUT2D eigenvalue weighted by Gasteiger charge is 2.23. The van der Waals surface area contributed by atoms with E-state index in [0.29, 0.717) is 29.3 Å². The fourth-order valence-electron chi connectivity index (χ4n) is 4.02. The molecule has 0 aliphatic carbocycles. The zero-order chi connectivity index (χ0) is 22.3. The van der Waals surface area contributed by atoms with Crippen LogP contribution >= 0.6 is 0 Å². The number of amides is 2. The SMILES string of the molecule is COc1ccccc1/C=C1/Oc2ccc(C(=O)NCCCN3CCCCC3)cc2NC1=O. The molecule has 0 saturated carbocycles. The summed E-state index contributed by atoms with van der Waals surface area (Å²) in [6.45, 7) is 3.95. The second-order valence-electron chi connectivity index (χ2n) is 8.03. The molecule has 2 amide bonds. The number of carbonyl (C=O) groups excluding carboxylic acids is 2. The lowest BCUT2D eigenvalue weighted by molar-refractivity contribution is -0.115. The van der Waals surface area contributed by atoms with E-state index in [1.54, 1.807) is 31.4 Å². The van der Waals surface area contributed by atoms with E-state index in [1.165, 1.54) is 19.3 Å². The van der Waals surface area contributed by atoms with Crippen molar-refractivity contribution < 1.29 is 19.1 Å². The van der Waals surface area contributed by atoms with Gasteiger partial charge in [-0.1, -0.05) is 24.6 Å². The maximum absolute atomic E-state index is 12.6. The number of nitrogens with zero attached hydrogens (tertiary/aromatic N) is 1. The minimum Gasteiger partial charge on any atom is -0.496 e. The zero-order valence-electron chi connectivity index (χ0n) is 18.4. The Bertz CT molecular complexity index is 1010. The monoisotopic (exact) mass is 435 g/mol. The number of piperidine rings is 1. The number of hydrogen-bond donors (Lipinski definition) is 2. The van der Waals surface area contributed by atoms with Crippen molar-refractivity contribution in [1.82, 2.24) is 10.2 Å². The number of ether oxygens (including phenoxy) is 2. The maximum atomic E-state index is 12.6. The van der Waals surface area contributed by atoms with E-state index < -0.39 is 0 Å². The second kappa shape index (κ2) is 10.3. The summed E-state index contributed by atoms with van der Waals surface area (Å²) in [6.07, 6.45) is 6.42. The molecule has 168 valence electrons. The third kappa shape index (κ3) is 5.29. The van der Waals surface area contributed by atoms with Gasteiger partial charge in [-0.2, -0.15) is 0 Å². The number of fused-ring (bicyclic) bond motifs is 1. The van der Waals surface area contributed by atoms with E-state index in [0.717, 1.165) is 31.6 Å². The molecule has 2 aromatic rings. The first kappa shape index (κ1) is 21.9. The standard InChI is InChI=1S/C25H29N3O4/c1-31-21-9-4-3-8-18(21)17-23-25(30)27-20-16-19(10-11-22(20)32-23)24(29)26-12-7-15-28-13-5-2-6-14-28/h3-4,8-11,16-17H,2,5-7,12-15H2,1H3,(H,26,29)(H,27,30)/b23-17+. The van der Waals surface area contributed by atoms with Crippen LogP contribution in [0.4, 0.5) is 5.69 Å². The number of para-hydroxylation sites is 1. The van der Waals surface area contributed by atoms with Crippen LogP contribution < -0.4 is 20.1 Å². The van der Waals surface area contributed by atoms with E-state index in [4.69, 9.17) is 9.47 Å². The summed E-state index contributed by atoms with van der Waals surface area (Å²) in [5.74, 6) is 0.775. The molecule has 7 heteroatoms. The first-order valence-corrected chi connectivity index (χ1v) is 11.1. The first-order chi connectivity index (χ1) is 15.6. The Labute approximate surface area is 188 Å². The highest BCUT2D eigenvalue weighted by atomic mass is 16.5. The lowest BCUT2D eigenvalue weighted by Gasteiger charge is -2.26. The van der Waals surface area contributed by atoms with Gasteiger partial charge in [-0.25, -0.2) is 0 Å². The Morgan fingerprint density at radius 2 is 2.00 bits per heavy atom. The van der Waals surface area contributed by atoms with E-state index in [1.807, 2.05) is 24.3 Å². The Morgan fingerprint density at radius 3 is 2.81 bits per heavy atom. The molecule has 0 spiro atoms. The van der Waals surface area contributed by atoms with Crippen LogP contribution in [0.1, 0.15) is 41.6 Å². The van der Waals surface area contributed by atoms with E-state index in [2.05, 4.69) is 15.5 Å². The number of carbonyl (C=O) groups is 2. The number of nitrogens with one attached hydrogen (secondary N) is 2. The highest BCUT2D eigenvalue weighted by molar-refractivity contribution is 6.09. The summed E-state index contributed by atoms with van der Waals surface area (Å²) >= 11 is 0.